The highest BCUT2D eigenvalue weighted by Crippen LogP contribution is 2.24. The maximum absolute atomic E-state index is 11.4. The van der Waals surface area contributed by atoms with Gasteiger partial charge >= 0.3 is 0 Å². The summed E-state index contributed by atoms with van der Waals surface area (Å²) in [5.74, 6) is 0.108. The van der Waals surface area contributed by atoms with E-state index >= 15 is 0 Å². The quantitative estimate of drug-likeness (QED) is 0.709. The van der Waals surface area contributed by atoms with Crippen LogP contribution < -0.4 is 0 Å². The third-order valence-corrected chi connectivity index (χ3v) is 4.21. The monoisotopic (exact) mass is 239 g/mol. The molecule has 0 heterocycles. The Balaban J connectivity index is 2.85. The average Bonchev–Trinajstić information content (AvgIpc) is 2.05. The standard InChI is InChI=1S/C8H9Cl2O2S/c9-5-6-13(11,12)8-3-1-7(10)2-4-8/h1-3H,4-6H2. The number of halogens is 2. The Bertz CT molecular complexity index is 341. The van der Waals surface area contributed by atoms with Crippen LogP contribution in [0.2, 0.25) is 0 Å². The Labute approximate surface area is 88.1 Å². The van der Waals surface area contributed by atoms with Gasteiger partial charge in [-0.25, -0.2) is 8.42 Å². The molecule has 0 spiro atoms. The predicted octanol–water partition coefficient (Wildman–Crippen LogP) is 2.25. The maximum Gasteiger partial charge on any atom is 0.175 e. The lowest BCUT2D eigenvalue weighted by molar-refractivity contribution is 0.602. The van der Waals surface area contributed by atoms with Crippen molar-refractivity contribution >= 4 is 33.0 Å². The molecule has 1 aliphatic rings. The largest absolute Gasteiger partial charge is 0.224 e. The lowest BCUT2D eigenvalue weighted by Gasteiger charge is -2.10. The summed E-state index contributed by atoms with van der Waals surface area (Å²) in [6.45, 7) is 0. The van der Waals surface area contributed by atoms with Gasteiger partial charge < -0.3 is 0 Å². The van der Waals surface area contributed by atoms with Gasteiger partial charge in [0, 0.05) is 22.2 Å². The Kier molecular flexibility index (Phi) is 3.83. The summed E-state index contributed by atoms with van der Waals surface area (Å²) < 4.78 is 22.9. The Morgan fingerprint density at radius 1 is 1.38 bits per heavy atom. The second-order valence-electron chi connectivity index (χ2n) is 2.60. The van der Waals surface area contributed by atoms with Crippen molar-refractivity contribution in [2.75, 3.05) is 11.6 Å². The van der Waals surface area contributed by atoms with Crippen molar-refractivity contribution in [1.82, 2.24) is 0 Å². The minimum atomic E-state index is -3.16. The van der Waals surface area contributed by atoms with Gasteiger partial charge in [-0.3, -0.25) is 0 Å². The van der Waals surface area contributed by atoms with Crippen molar-refractivity contribution in [2.45, 2.75) is 6.42 Å². The number of hydrogen-bond acceptors (Lipinski definition) is 2. The zero-order chi connectivity index (χ0) is 9.90. The number of alkyl halides is 1. The highest BCUT2D eigenvalue weighted by Gasteiger charge is 2.18. The maximum atomic E-state index is 11.4. The molecule has 0 bridgehead atoms. The fraction of sp³-hybridized carbons (Fsp3) is 0.375. The van der Waals surface area contributed by atoms with Crippen molar-refractivity contribution < 1.29 is 8.42 Å². The Hall–Kier alpha value is 0.01000. The van der Waals surface area contributed by atoms with E-state index < -0.39 is 9.84 Å². The van der Waals surface area contributed by atoms with Crippen molar-refractivity contribution in [3.05, 3.63) is 28.5 Å². The molecule has 0 unspecified atom stereocenters. The first-order valence-electron chi connectivity index (χ1n) is 3.74. The SMILES string of the molecule is O=S(=O)(CCCl)C1=CC=C(Cl)[CH]C1. The minimum absolute atomic E-state index is 0.0142. The number of allylic oxidation sites excluding steroid dienone is 4. The molecule has 1 radical (unpaired) electrons. The van der Waals surface area contributed by atoms with Gasteiger partial charge in [-0.1, -0.05) is 11.6 Å². The molecule has 0 aromatic carbocycles. The summed E-state index contributed by atoms with van der Waals surface area (Å²) in [6, 6.07) is 0. The lowest BCUT2D eigenvalue weighted by atomic mass is 10.2. The van der Waals surface area contributed by atoms with Crippen LogP contribution >= 0.6 is 23.2 Å². The summed E-state index contributed by atoms with van der Waals surface area (Å²) in [5.41, 5.74) is 0. The number of sulfone groups is 1. The van der Waals surface area contributed by atoms with Crippen LogP contribution in [0.4, 0.5) is 0 Å². The smallest absolute Gasteiger partial charge is 0.175 e. The molecule has 5 heteroatoms. The van der Waals surface area contributed by atoms with E-state index in [0.717, 1.165) is 0 Å². The zero-order valence-electron chi connectivity index (χ0n) is 6.83. The van der Waals surface area contributed by atoms with E-state index in [2.05, 4.69) is 0 Å². The van der Waals surface area contributed by atoms with Crippen LogP contribution in [-0.2, 0) is 9.84 Å². The average molecular weight is 240 g/mol. The van der Waals surface area contributed by atoms with Crippen LogP contribution in [-0.4, -0.2) is 20.1 Å². The fourth-order valence-electron chi connectivity index (χ4n) is 0.970. The lowest BCUT2D eigenvalue weighted by Crippen LogP contribution is -2.11. The van der Waals surface area contributed by atoms with Crippen molar-refractivity contribution in [2.24, 2.45) is 0 Å². The van der Waals surface area contributed by atoms with Crippen molar-refractivity contribution in [3.8, 4) is 0 Å². The molecule has 0 fully saturated rings. The number of hydrogen-bond donors (Lipinski definition) is 0. The molecule has 0 N–H and O–H groups in total. The van der Waals surface area contributed by atoms with Gasteiger partial charge in [-0.05, 0) is 18.6 Å². The van der Waals surface area contributed by atoms with E-state index in [1.165, 1.54) is 6.08 Å². The summed E-state index contributed by atoms with van der Waals surface area (Å²) in [5, 5.41) is 0.574. The van der Waals surface area contributed by atoms with Crippen LogP contribution in [0.3, 0.4) is 0 Å². The van der Waals surface area contributed by atoms with Crippen molar-refractivity contribution in [1.29, 1.82) is 0 Å². The van der Waals surface area contributed by atoms with Gasteiger partial charge in [0.05, 0.1) is 5.75 Å². The zero-order valence-corrected chi connectivity index (χ0v) is 9.16. The Morgan fingerprint density at radius 3 is 2.54 bits per heavy atom. The Morgan fingerprint density at radius 2 is 2.08 bits per heavy atom. The first-order valence-corrected chi connectivity index (χ1v) is 6.31. The summed E-state index contributed by atoms with van der Waals surface area (Å²) in [7, 11) is -3.16. The van der Waals surface area contributed by atoms with E-state index in [1.807, 2.05) is 0 Å². The van der Waals surface area contributed by atoms with Gasteiger partial charge in [0.2, 0.25) is 0 Å². The molecule has 0 aromatic rings. The molecule has 0 atom stereocenters. The molecule has 0 amide bonds. The second kappa shape index (κ2) is 4.49. The van der Waals surface area contributed by atoms with E-state index in [9.17, 15) is 8.42 Å². The molecule has 73 valence electrons. The molecule has 2 nitrogen and oxygen atoms in total. The van der Waals surface area contributed by atoms with Gasteiger partial charge in [0.1, 0.15) is 0 Å². The first kappa shape index (κ1) is 11.1. The second-order valence-corrected chi connectivity index (χ2v) is 5.58. The third kappa shape index (κ3) is 3.01. The highest BCUT2D eigenvalue weighted by atomic mass is 35.5. The molecular formula is C8H9Cl2O2S. The summed E-state index contributed by atoms with van der Waals surface area (Å²) >= 11 is 11.0. The van der Waals surface area contributed by atoms with E-state index in [-0.39, 0.29) is 11.6 Å². The molecule has 0 aromatic heterocycles. The molecule has 1 aliphatic carbocycles. The summed E-state index contributed by atoms with van der Waals surface area (Å²) in [4.78, 5) is 0.387. The molecule has 0 aliphatic heterocycles. The van der Waals surface area contributed by atoms with Crippen LogP contribution in [0.25, 0.3) is 0 Å². The van der Waals surface area contributed by atoms with E-state index in [4.69, 9.17) is 23.2 Å². The third-order valence-electron chi connectivity index (χ3n) is 1.67. The highest BCUT2D eigenvalue weighted by molar-refractivity contribution is 7.95. The van der Waals surface area contributed by atoms with E-state index in [0.29, 0.717) is 16.4 Å². The van der Waals surface area contributed by atoms with Gasteiger partial charge in [-0.15, -0.1) is 11.6 Å². The van der Waals surface area contributed by atoms with Crippen molar-refractivity contribution in [3.63, 3.8) is 0 Å². The van der Waals surface area contributed by atoms with Crippen LogP contribution in [0, 0.1) is 6.42 Å². The van der Waals surface area contributed by atoms with E-state index in [1.54, 1.807) is 12.5 Å². The number of rotatable bonds is 3. The summed E-state index contributed by atoms with van der Waals surface area (Å²) in [6.07, 6.45) is 5.15. The van der Waals surface area contributed by atoms with Crippen LogP contribution in [0.1, 0.15) is 6.42 Å². The molecule has 13 heavy (non-hydrogen) atoms. The molecule has 0 saturated heterocycles. The van der Waals surface area contributed by atoms with Gasteiger partial charge in [0.15, 0.2) is 9.84 Å². The van der Waals surface area contributed by atoms with Crippen LogP contribution in [0.5, 0.6) is 0 Å². The molecule has 0 saturated carbocycles. The molecule has 1 rings (SSSR count). The first-order chi connectivity index (χ1) is 6.06. The molecular weight excluding hydrogens is 231 g/mol. The fourth-order valence-corrected chi connectivity index (χ4v) is 2.80. The van der Waals surface area contributed by atoms with Gasteiger partial charge in [0.25, 0.3) is 0 Å². The van der Waals surface area contributed by atoms with Gasteiger partial charge in [-0.2, -0.15) is 0 Å². The normalized spacial score (nSPS) is 18.0. The predicted molar refractivity (Wildman–Crippen MR) is 55.4 cm³/mol. The minimum Gasteiger partial charge on any atom is -0.224 e. The topological polar surface area (TPSA) is 34.1 Å². The van der Waals surface area contributed by atoms with Crippen LogP contribution in [0.15, 0.2) is 22.1 Å².